The van der Waals surface area contributed by atoms with E-state index in [9.17, 15) is 0 Å². The molecule has 0 saturated heterocycles. The van der Waals surface area contributed by atoms with E-state index in [0.29, 0.717) is 5.82 Å². The van der Waals surface area contributed by atoms with Crippen LogP contribution in [0.3, 0.4) is 0 Å². The van der Waals surface area contributed by atoms with Crippen molar-refractivity contribution in [1.29, 1.82) is 0 Å². The quantitative estimate of drug-likeness (QED) is 0.726. The summed E-state index contributed by atoms with van der Waals surface area (Å²) in [5.74, 6) is 0.617. The second-order valence-electron chi connectivity index (χ2n) is 3.78. The molecule has 2 heterocycles. The first-order chi connectivity index (χ1) is 7.51. The predicted molar refractivity (Wildman–Crippen MR) is 62.5 cm³/mol. The summed E-state index contributed by atoms with van der Waals surface area (Å²) in [6.45, 7) is 3.82. The molecule has 1 aliphatic rings. The molecule has 1 aromatic heterocycles. The van der Waals surface area contributed by atoms with Crippen molar-refractivity contribution in [3.63, 3.8) is 0 Å². The monoisotopic (exact) mass is 219 g/mol. The molecule has 1 unspecified atom stereocenters. The Balaban J connectivity index is 2.37. The predicted octanol–water partition coefficient (Wildman–Crippen LogP) is 0.0109. The van der Waals surface area contributed by atoms with Crippen LogP contribution in [0, 0.1) is 0 Å². The van der Waals surface area contributed by atoms with E-state index in [-0.39, 0.29) is 17.8 Å². The lowest BCUT2D eigenvalue weighted by Gasteiger charge is -2.24. The zero-order chi connectivity index (χ0) is 11.8. The van der Waals surface area contributed by atoms with E-state index in [4.69, 9.17) is 11.5 Å². The third-order valence-electron chi connectivity index (χ3n) is 2.63. The molecule has 0 fully saturated rings. The summed E-state index contributed by atoms with van der Waals surface area (Å²) in [5.41, 5.74) is 10.5. The molecular formula is C9H13N7. The molecule has 7 nitrogen and oxygen atoms in total. The number of hydrogen-bond acceptors (Lipinski definition) is 7. The molecule has 1 aromatic rings. The molecule has 4 N–H and O–H groups in total. The van der Waals surface area contributed by atoms with Crippen molar-refractivity contribution in [3.8, 4) is 0 Å². The van der Waals surface area contributed by atoms with E-state index in [0.717, 1.165) is 0 Å². The molecule has 2 rings (SSSR count). The minimum Gasteiger partial charge on any atom is -0.368 e. The first-order valence-corrected chi connectivity index (χ1v) is 4.87. The van der Waals surface area contributed by atoms with Gasteiger partial charge in [-0.2, -0.15) is 15.0 Å². The highest BCUT2D eigenvalue weighted by atomic mass is 15.2. The van der Waals surface area contributed by atoms with Crippen LogP contribution in [0.2, 0.25) is 0 Å². The fraction of sp³-hybridized carbons (Fsp3) is 0.444. The lowest BCUT2D eigenvalue weighted by molar-refractivity contribution is 0.413. The Kier molecular flexibility index (Phi) is 2.30. The van der Waals surface area contributed by atoms with Crippen molar-refractivity contribution in [3.05, 3.63) is 5.82 Å². The van der Waals surface area contributed by atoms with Crippen LogP contribution in [0.25, 0.3) is 0 Å². The molecule has 1 aliphatic heterocycles. The van der Waals surface area contributed by atoms with Gasteiger partial charge in [0.15, 0.2) is 5.66 Å². The van der Waals surface area contributed by atoms with Gasteiger partial charge < -0.3 is 11.5 Å². The van der Waals surface area contributed by atoms with Gasteiger partial charge in [-0.1, -0.05) is 6.92 Å². The van der Waals surface area contributed by atoms with Crippen molar-refractivity contribution in [2.75, 3.05) is 11.5 Å². The molecular weight excluding hydrogens is 206 g/mol. The summed E-state index contributed by atoms with van der Waals surface area (Å²) in [4.78, 5) is 20.4. The summed E-state index contributed by atoms with van der Waals surface area (Å²) < 4.78 is 0. The minimum atomic E-state index is -0.583. The van der Waals surface area contributed by atoms with Gasteiger partial charge in [0.2, 0.25) is 11.9 Å². The molecule has 0 radical (unpaired) electrons. The van der Waals surface area contributed by atoms with Gasteiger partial charge in [0.05, 0.1) is 5.92 Å². The Labute approximate surface area is 92.7 Å². The smallest absolute Gasteiger partial charge is 0.225 e. The van der Waals surface area contributed by atoms with Crippen LogP contribution in [0.5, 0.6) is 0 Å². The van der Waals surface area contributed by atoms with Gasteiger partial charge in [0.1, 0.15) is 5.82 Å². The van der Waals surface area contributed by atoms with Crippen molar-refractivity contribution in [2.45, 2.75) is 25.4 Å². The highest BCUT2D eigenvalue weighted by molar-refractivity contribution is 6.17. The first kappa shape index (κ1) is 10.5. The van der Waals surface area contributed by atoms with Gasteiger partial charge >= 0.3 is 0 Å². The normalized spacial score (nSPS) is 18.9. The standard InChI is InChI=1S/C9H13N7/c1-5(9(2)12-3-4-13-9)6-14-7(10)16-8(11)15-6/h3-5H,1-2H3,(H4,10,11,14,15,16). The number of anilines is 2. The maximum Gasteiger partial charge on any atom is 0.225 e. The van der Waals surface area contributed by atoms with E-state index in [2.05, 4.69) is 24.9 Å². The summed E-state index contributed by atoms with van der Waals surface area (Å²) in [6.07, 6.45) is 3.31. The Bertz CT molecular complexity index is 433. The molecule has 0 saturated carbocycles. The van der Waals surface area contributed by atoms with Crippen LogP contribution in [-0.2, 0) is 0 Å². The Morgan fingerprint density at radius 3 is 2.06 bits per heavy atom. The highest BCUT2D eigenvalue weighted by Crippen LogP contribution is 2.31. The Morgan fingerprint density at radius 2 is 1.56 bits per heavy atom. The number of hydrogen-bond donors (Lipinski definition) is 2. The summed E-state index contributed by atoms with van der Waals surface area (Å²) in [6, 6.07) is 0. The molecule has 7 heteroatoms. The van der Waals surface area contributed by atoms with Crippen molar-refractivity contribution in [1.82, 2.24) is 15.0 Å². The largest absolute Gasteiger partial charge is 0.368 e. The Morgan fingerprint density at radius 1 is 1.06 bits per heavy atom. The fourth-order valence-corrected chi connectivity index (χ4v) is 1.49. The third kappa shape index (κ3) is 1.71. The van der Waals surface area contributed by atoms with Crippen LogP contribution in [-0.4, -0.2) is 33.0 Å². The van der Waals surface area contributed by atoms with Crippen LogP contribution in [0.15, 0.2) is 9.98 Å². The van der Waals surface area contributed by atoms with Gasteiger partial charge in [0.25, 0.3) is 0 Å². The van der Waals surface area contributed by atoms with Gasteiger partial charge in [-0.25, -0.2) is 0 Å². The minimum absolute atomic E-state index is 0.115. The summed E-state index contributed by atoms with van der Waals surface area (Å²) in [5, 5.41) is 0. The second-order valence-corrected chi connectivity index (χ2v) is 3.78. The number of aromatic nitrogens is 3. The molecule has 0 bridgehead atoms. The summed E-state index contributed by atoms with van der Waals surface area (Å²) in [7, 11) is 0. The third-order valence-corrected chi connectivity index (χ3v) is 2.63. The Hall–Kier alpha value is -2.05. The lowest BCUT2D eigenvalue weighted by Crippen LogP contribution is -2.27. The molecule has 0 amide bonds. The maximum absolute atomic E-state index is 5.52. The van der Waals surface area contributed by atoms with Gasteiger partial charge in [0, 0.05) is 12.4 Å². The van der Waals surface area contributed by atoms with Crippen LogP contribution in [0.1, 0.15) is 25.6 Å². The summed E-state index contributed by atoms with van der Waals surface area (Å²) >= 11 is 0. The van der Waals surface area contributed by atoms with E-state index >= 15 is 0 Å². The number of nitrogen functional groups attached to an aromatic ring is 2. The average molecular weight is 219 g/mol. The van der Waals surface area contributed by atoms with Gasteiger partial charge in [-0.3, -0.25) is 9.98 Å². The van der Waals surface area contributed by atoms with E-state index in [1.165, 1.54) is 0 Å². The van der Waals surface area contributed by atoms with Crippen molar-refractivity contribution >= 4 is 24.3 Å². The molecule has 16 heavy (non-hydrogen) atoms. The van der Waals surface area contributed by atoms with Crippen LogP contribution >= 0.6 is 0 Å². The lowest BCUT2D eigenvalue weighted by atomic mass is 9.97. The molecule has 84 valence electrons. The van der Waals surface area contributed by atoms with Crippen LogP contribution in [0.4, 0.5) is 11.9 Å². The molecule has 0 aromatic carbocycles. The van der Waals surface area contributed by atoms with Gasteiger partial charge in [-0.15, -0.1) is 0 Å². The number of nitrogens with zero attached hydrogens (tertiary/aromatic N) is 5. The van der Waals surface area contributed by atoms with Crippen molar-refractivity contribution in [2.24, 2.45) is 9.98 Å². The first-order valence-electron chi connectivity index (χ1n) is 4.87. The molecule has 0 spiro atoms. The molecule has 0 aliphatic carbocycles. The fourth-order valence-electron chi connectivity index (χ4n) is 1.49. The zero-order valence-electron chi connectivity index (χ0n) is 9.12. The zero-order valence-corrected chi connectivity index (χ0v) is 9.12. The maximum atomic E-state index is 5.52. The highest BCUT2D eigenvalue weighted by Gasteiger charge is 2.34. The second kappa shape index (κ2) is 3.51. The van der Waals surface area contributed by atoms with Crippen molar-refractivity contribution < 1.29 is 0 Å². The van der Waals surface area contributed by atoms with E-state index in [1.807, 2.05) is 13.8 Å². The number of aliphatic imine (C=N–C) groups is 2. The van der Waals surface area contributed by atoms with E-state index < -0.39 is 5.66 Å². The topological polar surface area (TPSA) is 115 Å². The molecule has 1 atom stereocenters. The van der Waals surface area contributed by atoms with Crippen LogP contribution < -0.4 is 11.5 Å². The van der Waals surface area contributed by atoms with E-state index in [1.54, 1.807) is 12.4 Å². The number of rotatable bonds is 2. The SMILES string of the molecule is CC(c1nc(N)nc(N)n1)C1(C)N=CC=N1. The van der Waals surface area contributed by atoms with Gasteiger partial charge in [-0.05, 0) is 6.92 Å². The average Bonchev–Trinajstić information content (AvgIpc) is 2.64. The number of nitrogens with two attached hydrogens (primary N) is 2.